The lowest BCUT2D eigenvalue weighted by Gasteiger charge is -2.07. The van der Waals surface area contributed by atoms with Crippen LogP contribution in [0.3, 0.4) is 0 Å². The third-order valence-corrected chi connectivity index (χ3v) is 1.87. The van der Waals surface area contributed by atoms with Gasteiger partial charge in [-0.3, -0.25) is 0 Å². The highest BCUT2D eigenvalue weighted by Crippen LogP contribution is 2.14. The Bertz CT molecular complexity index is 246. The van der Waals surface area contributed by atoms with E-state index < -0.39 is 0 Å². The summed E-state index contributed by atoms with van der Waals surface area (Å²) < 4.78 is 5.35. The average Bonchev–Trinajstić information content (AvgIpc) is 2.21. The second-order valence-electron chi connectivity index (χ2n) is 2.99. The molecule has 0 fully saturated rings. The van der Waals surface area contributed by atoms with E-state index in [0.717, 1.165) is 24.5 Å². The highest BCUT2D eigenvalue weighted by atomic mass is 16.5. The molecule has 1 rings (SSSR count). The Kier molecular flexibility index (Phi) is 4.86. The molecule has 0 atom stereocenters. The predicted molar refractivity (Wildman–Crippen MR) is 60.0 cm³/mol. The SMILES string of the molecule is CCOc1ccc(NCCNC)cc1. The summed E-state index contributed by atoms with van der Waals surface area (Å²) >= 11 is 0. The molecule has 1 aromatic rings. The van der Waals surface area contributed by atoms with Crippen molar-refractivity contribution in [3.8, 4) is 5.75 Å². The molecule has 0 aromatic heterocycles. The molecular weight excluding hydrogens is 176 g/mol. The minimum atomic E-state index is 0.715. The number of likely N-dealkylation sites (N-methyl/N-ethyl adjacent to an activating group) is 1. The van der Waals surface area contributed by atoms with Crippen LogP contribution in [0.2, 0.25) is 0 Å². The zero-order chi connectivity index (χ0) is 10.2. The van der Waals surface area contributed by atoms with E-state index >= 15 is 0 Å². The van der Waals surface area contributed by atoms with E-state index in [4.69, 9.17) is 4.74 Å². The largest absolute Gasteiger partial charge is 0.494 e. The van der Waals surface area contributed by atoms with Gasteiger partial charge >= 0.3 is 0 Å². The smallest absolute Gasteiger partial charge is 0.119 e. The van der Waals surface area contributed by atoms with Crippen LogP contribution >= 0.6 is 0 Å². The summed E-state index contributed by atoms with van der Waals surface area (Å²) in [7, 11) is 1.94. The normalized spacial score (nSPS) is 9.86. The summed E-state index contributed by atoms with van der Waals surface area (Å²) in [5, 5.41) is 6.38. The Hall–Kier alpha value is -1.22. The number of rotatable bonds is 6. The molecule has 0 saturated heterocycles. The van der Waals surface area contributed by atoms with Crippen molar-refractivity contribution in [1.29, 1.82) is 0 Å². The van der Waals surface area contributed by atoms with Crippen molar-refractivity contribution in [3.05, 3.63) is 24.3 Å². The fraction of sp³-hybridized carbons (Fsp3) is 0.455. The molecule has 2 N–H and O–H groups in total. The van der Waals surface area contributed by atoms with Crippen LogP contribution in [0.25, 0.3) is 0 Å². The molecule has 0 aliphatic carbocycles. The Morgan fingerprint density at radius 1 is 1.14 bits per heavy atom. The van der Waals surface area contributed by atoms with Crippen LogP contribution in [0.4, 0.5) is 5.69 Å². The topological polar surface area (TPSA) is 33.3 Å². The van der Waals surface area contributed by atoms with Crippen molar-refractivity contribution in [2.45, 2.75) is 6.92 Å². The van der Waals surface area contributed by atoms with Crippen molar-refractivity contribution in [2.75, 3.05) is 32.1 Å². The maximum Gasteiger partial charge on any atom is 0.119 e. The average molecular weight is 194 g/mol. The molecule has 0 heterocycles. The summed E-state index contributed by atoms with van der Waals surface area (Å²) in [5.74, 6) is 0.923. The van der Waals surface area contributed by atoms with Gasteiger partial charge in [-0.1, -0.05) is 0 Å². The fourth-order valence-corrected chi connectivity index (χ4v) is 1.17. The van der Waals surface area contributed by atoms with Gasteiger partial charge in [-0.15, -0.1) is 0 Å². The van der Waals surface area contributed by atoms with E-state index in [9.17, 15) is 0 Å². The van der Waals surface area contributed by atoms with Crippen molar-refractivity contribution in [2.24, 2.45) is 0 Å². The molecular formula is C11H18N2O. The first-order chi connectivity index (χ1) is 6.86. The first kappa shape index (κ1) is 10.9. The molecule has 3 nitrogen and oxygen atoms in total. The van der Waals surface area contributed by atoms with Gasteiger partial charge in [0.2, 0.25) is 0 Å². The van der Waals surface area contributed by atoms with E-state index in [2.05, 4.69) is 10.6 Å². The monoisotopic (exact) mass is 194 g/mol. The number of hydrogen-bond donors (Lipinski definition) is 2. The Labute approximate surface area is 85.5 Å². The number of hydrogen-bond acceptors (Lipinski definition) is 3. The lowest BCUT2D eigenvalue weighted by Crippen LogP contribution is -2.17. The Balaban J connectivity index is 2.38. The molecule has 1 aromatic carbocycles. The molecule has 0 aliphatic rings. The van der Waals surface area contributed by atoms with Gasteiger partial charge in [0.25, 0.3) is 0 Å². The Morgan fingerprint density at radius 3 is 2.43 bits per heavy atom. The zero-order valence-corrected chi connectivity index (χ0v) is 8.84. The van der Waals surface area contributed by atoms with Gasteiger partial charge in [-0.05, 0) is 38.2 Å². The van der Waals surface area contributed by atoms with Crippen molar-refractivity contribution >= 4 is 5.69 Å². The van der Waals surface area contributed by atoms with Crippen LogP contribution < -0.4 is 15.4 Å². The summed E-state index contributed by atoms with van der Waals surface area (Å²) in [6, 6.07) is 8.01. The zero-order valence-electron chi connectivity index (χ0n) is 8.84. The van der Waals surface area contributed by atoms with Crippen molar-refractivity contribution in [1.82, 2.24) is 5.32 Å². The highest BCUT2D eigenvalue weighted by molar-refractivity contribution is 5.46. The molecule has 0 amide bonds. The summed E-state index contributed by atoms with van der Waals surface area (Å²) in [5.41, 5.74) is 1.13. The summed E-state index contributed by atoms with van der Waals surface area (Å²) in [4.78, 5) is 0. The first-order valence-corrected chi connectivity index (χ1v) is 4.98. The van der Waals surface area contributed by atoms with E-state index in [-0.39, 0.29) is 0 Å². The molecule has 3 heteroatoms. The highest BCUT2D eigenvalue weighted by Gasteiger charge is 1.92. The lowest BCUT2D eigenvalue weighted by atomic mass is 10.3. The third-order valence-electron chi connectivity index (χ3n) is 1.87. The molecule has 14 heavy (non-hydrogen) atoms. The first-order valence-electron chi connectivity index (χ1n) is 4.98. The van der Waals surface area contributed by atoms with Crippen LogP contribution in [0.5, 0.6) is 5.75 Å². The van der Waals surface area contributed by atoms with Crippen LogP contribution in [0, 0.1) is 0 Å². The maximum absolute atomic E-state index is 5.35. The van der Waals surface area contributed by atoms with Gasteiger partial charge in [0, 0.05) is 18.8 Å². The number of ether oxygens (including phenoxy) is 1. The van der Waals surface area contributed by atoms with E-state index in [0.29, 0.717) is 6.61 Å². The van der Waals surface area contributed by atoms with Gasteiger partial charge in [0.05, 0.1) is 6.61 Å². The van der Waals surface area contributed by atoms with Gasteiger partial charge in [0.15, 0.2) is 0 Å². The predicted octanol–water partition coefficient (Wildman–Crippen LogP) is 1.72. The number of anilines is 1. The van der Waals surface area contributed by atoms with Crippen LogP contribution in [0.15, 0.2) is 24.3 Å². The maximum atomic E-state index is 5.35. The fourth-order valence-electron chi connectivity index (χ4n) is 1.17. The summed E-state index contributed by atoms with van der Waals surface area (Å²) in [6.07, 6.45) is 0. The second-order valence-corrected chi connectivity index (χ2v) is 2.99. The molecule has 0 radical (unpaired) electrons. The minimum Gasteiger partial charge on any atom is -0.494 e. The molecule has 0 aliphatic heterocycles. The van der Waals surface area contributed by atoms with Crippen molar-refractivity contribution in [3.63, 3.8) is 0 Å². The molecule has 0 spiro atoms. The van der Waals surface area contributed by atoms with Gasteiger partial charge < -0.3 is 15.4 Å². The van der Waals surface area contributed by atoms with Gasteiger partial charge in [-0.25, -0.2) is 0 Å². The summed E-state index contributed by atoms with van der Waals surface area (Å²) in [6.45, 7) is 4.60. The molecule has 78 valence electrons. The van der Waals surface area contributed by atoms with E-state index in [1.807, 2.05) is 38.2 Å². The number of benzene rings is 1. The van der Waals surface area contributed by atoms with Crippen molar-refractivity contribution < 1.29 is 4.74 Å². The van der Waals surface area contributed by atoms with Crippen LogP contribution in [-0.4, -0.2) is 26.7 Å². The van der Waals surface area contributed by atoms with Crippen LogP contribution in [0.1, 0.15) is 6.92 Å². The van der Waals surface area contributed by atoms with E-state index in [1.54, 1.807) is 0 Å². The molecule has 0 saturated carbocycles. The van der Waals surface area contributed by atoms with Gasteiger partial charge in [0.1, 0.15) is 5.75 Å². The van der Waals surface area contributed by atoms with E-state index in [1.165, 1.54) is 0 Å². The molecule has 0 bridgehead atoms. The standard InChI is InChI=1S/C11H18N2O/c1-3-14-11-6-4-10(5-7-11)13-9-8-12-2/h4-7,12-13H,3,8-9H2,1-2H3. The third kappa shape index (κ3) is 3.66. The van der Waals surface area contributed by atoms with Crippen LogP contribution in [-0.2, 0) is 0 Å². The lowest BCUT2D eigenvalue weighted by molar-refractivity contribution is 0.340. The quantitative estimate of drug-likeness (QED) is 0.676. The molecule has 0 unspecified atom stereocenters. The minimum absolute atomic E-state index is 0.715. The van der Waals surface area contributed by atoms with Gasteiger partial charge in [-0.2, -0.15) is 0 Å². The second kappa shape index (κ2) is 6.27. The number of nitrogens with one attached hydrogen (secondary N) is 2. The Morgan fingerprint density at radius 2 is 1.86 bits per heavy atom.